The average Bonchev–Trinajstić information content (AvgIpc) is 3.31. The summed E-state index contributed by atoms with van der Waals surface area (Å²) in [6.07, 6.45) is 0. The topological polar surface area (TPSA) is 68.3 Å². The van der Waals surface area contributed by atoms with E-state index in [4.69, 9.17) is 0 Å². The largest absolute Gasteiger partial charge is 0.226 e. The molecule has 61 heavy (non-hydrogen) atoms. The molecule has 0 bridgehead atoms. The first-order chi connectivity index (χ1) is 29.6. The number of rotatable bonds is 12. The number of hydrogen-bond donors (Lipinski definition) is 0. The third-order valence-electron chi connectivity index (χ3n) is 11.0. The van der Waals surface area contributed by atoms with Crippen molar-refractivity contribution < 1.29 is 16.8 Å². The van der Waals surface area contributed by atoms with Gasteiger partial charge in [-0.1, -0.05) is 217 Å². The SMILES string of the molecule is Cc1ccc(S(=O)(=O)C([B]C(=P(c2ccccc2)(c2ccccc2)c2ccccc2)S(=O)(=O)c2ccc(C)cc2)=P(c2ccccc2)(c2ccccc2)c2ccccc2)cc1. The van der Waals surface area contributed by atoms with Crippen molar-refractivity contribution in [1.82, 2.24) is 0 Å². The van der Waals surface area contributed by atoms with Gasteiger partial charge in [-0.25, -0.2) is 16.8 Å². The second-order valence-electron chi connectivity index (χ2n) is 14.8. The monoisotopic (exact) mass is 869 g/mol. The van der Waals surface area contributed by atoms with Crippen LogP contribution >= 0.6 is 13.8 Å². The van der Waals surface area contributed by atoms with Crippen LogP contribution in [0.1, 0.15) is 11.1 Å². The van der Waals surface area contributed by atoms with Gasteiger partial charge in [-0.2, -0.15) is 0 Å². The first-order valence-electron chi connectivity index (χ1n) is 20.0. The maximum Gasteiger partial charge on any atom is 0.226 e. The lowest BCUT2D eigenvalue weighted by atomic mass is 9.85. The first kappa shape index (κ1) is 42.0. The van der Waals surface area contributed by atoms with Crippen molar-refractivity contribution in [2.24, 2.45) is 0 Å². The molecule has 8 aromatic carbocycles. The molecule has 0 heterocycles. The van der Waals surface area contributed by atoms with E-state index in [2.05, 4.69) is 0 Å². The second kappa shape index (κ2) is 17.7. The molecule has 8 aromatic rings. The Bertz CT molecular complexity index is 2690. The number of aryl methyl sites for hydroxylation is 2. The van der Waals surface area contributed by atoms with E-state index in [1.54, 1.807) is 55.8 Å². The van der Waals surface area contributed by atoms with Crippen LogP contribution in [0.2, 0.25) is 0 Å². The molecule has 4 nitrogen and oxygen atoms in total. The highest BCUT2D eigenvalue weighted by Crippen LogP contribution is 2.52. The molecule has 0 spiro atoms. The first-order valence-corrected chi connectivity index (χ1v) is 26.5. The van der Waals surface area contributed by atoms with Crippen LogP contribution in [0.5, 0.6) is 0 Å². The van der Waals surface area contributed by atoms with Crippen LogP contribution in [-0.4, -0.2) is 33.2 Å². The van der Waals surface area contributed by atoms with E-state index in [0.29, 0.717) is 0 Å². The molecular weight excluding hydrogens is 825 g/mol. The number of sulfone groups is 2. The van der Waals surface area contributed by atoms with E-state index in [0.717, 1.165) is 43.0 Å². The Balaban J connectivity index is 1.73. The second-order valence-corrected chi connectivity index (χ2v) is 26.0. The van der Waals surface area contributed by atoms with Gasteiger partial charge in [-0.15, -0.1) is 0 Å². The van der Waals surface area contributed by atoms with Crippen molar-refractivity contribution in [3.63, 3.8) is 0 Å². The predicted octanol–water partition coefficient (Wildman–Crippen LogP) is 8.42. The Morgan fingerprint density at radius 1 is 0.311 bits per heavy atom. The van der Waals surface area contributed by atoms with E-state index in [9.17, 15) is 0 Å². The summed E-state index contributed by atoms with van der Waals surface area (Å²) in [4.78, 5) is 0.151. The Labute approximate surface area is 361 Å². The molecule has 0 aliphatic carbocycles. The van der Waals surface area contributed by atoms with E-state index in [1.165, 1.54) is 0 Å². The summed E-state index contributed by atoms with van der Waals surface area (Å²) in [6.45, 7) is -3.21. The van der Waals surface area contributed by atoms with Crippen LogP contribution in [0.25, 0.3) is 0 Å². The zero-order valence-electron chi connectivity index (χ0n) is 33.9. The van der Waals surface area contributed by atoms with Crippen LogP contribution in [0, 0.1) is 13.8 Å². The van der Waals surface area contributed by atoms with Crippen molar-refractivity contribution in [2.75, 3.05) is 0 Å². The van der Waals surface area contributed by atoms with Gasteiger partial charge in [0.05, 0.1) is 9.79 Å². The quantitative estimate of drug-likeness (QED) is 0.0915. The van der Waals surface area contributed by atoms with Crippen molar-refractivity contribution in [1.29, 1.82) is 0 Å². The minimum absolute atomic E-state index is 0.0188. The highest BCUT2D eigenvalue weighted by atomic mass is 32.2. The Kier molecular flexibility index (Phi) is 12.2. The fraction of sp³-hybridized carbons (Fsp3) is 0.0385. The number of benzene rings is 8. The van der Waals surface area contributed by atoms with E-state index >= 15 is 16.8 Å². The molecule has 0 atom stereocenters. The van der Waals surface area contributed by atoms with Crippen molar-refractivity contribution in [2.45, 2.75) is 23.6 Å². The molecule has 301 valence electrons. The molecular formula is C52H44BO4P2S2. The fourth-order valence-electron chi connectivity index (χ4n) is 8.06. The smallest absolute Gasteiger partial charge is 0.220 e. The zero-order valence-corrected chi connectivity index (χ0v) is 37.3. The summed E-state index contributed by atoms with van der Waals surface area (Å²) in [5.74, 6) is 0. The Morgan fingerprint density at radius 2 is 0.508 bits per heavy atom. The van der Waals surface area contributed by atoms with Crippen molar-refractivity contribution in [3.8, 4) is 0 Å². The van der Waals surface area contributed by atoms with Gasteiger partial charge in [-0.05, 0) is 83.7 Å². The highest BCUT2D eigenvalue weighted by molar-refractivity contribution is 8.30. The third-order valence-corrected chi connectivity index (χ3v) is 25.2. The lowest BCUT2D eigenvalue weighted by Crippen LogP contribution is -2.43. The van der Waals surface area contributed by atoms with Gasteiger partial charge in [0.2, 0.25) is 7.28 Å². The minimum atomic E-state index is -4.53. The molecule has 0 aliphatic rings. The molecule has 0 unspecified atom stereocenters. The highest BCUT2D eigenvalue weighted by Gasteiger charge is 2.44. The van der Waals surface area contributed by atoms with Crippen LogP contribution < -0.4 is 31.8 Å². The fourth-order valence-corrected chi connectivity index (χ4v) is 23.5. The lowest BCUT2D eigenvalue weighted by Gasteiger charge is -2.36. The molecule has 0 N–H and O–H groups in total. The summed E-state index contributed by atoms with van der Waals surface area (Å²) in [7, 11) is -7.45. The maximum atomic E-state index is 16.4. The maximum absolute atomic E-state index is 16.4. The van der Waals surface area contributed by atoms with Crippen molar-refractivity contribution in [3.05, 3.63) is 242 Å². The minimum Gasteiger partial charge on any atom is -0.220 e. The van der Waals surface area contributed by atoms with Crippen LogP contribution in [-0.2, 0) is 19.7 Å². The Morgan fingerprint density at radius 3 is 0.705 bits per heavy atom. The summed E-state index contributed by atoms with van der Waals surface area (Å²) < 4.78 is 65.5. The lowest BCUT2D eigenvalue weighted by molar-refractivity contribution is 0.606. The van der Waals surface area contributed by atoms with Gasteiger partial charge in [-0.3, -0.25) is 0 Å². The Hall–Kier alpha value is -5.68. The third kappa shape index (κ3) is 7.77. The van der Waals surface area contributed by atoms with Gasteiger partial charge in [0.25, 0.3) is 0 Å². The molecule has 0 aliphatic heterocycles. The molecule has 0 aromatic heterocycles. The molecule has 0 fully saturated rings. The molecule has 9 heteroatoms. The predicted molar refractivity (Wildman–Crippen MR) is 263 cm³/mol. The van der Waals surface area contributed by atoms with Crippen LogP contribution in [0.4, 0.5) is 0 Å². The van der Waals surface area contributed by atoms with E-state index < -0.39 is 33.4 Å². The average molecular weight is 870 g/mol. The van der Waals surface area contributed by atoms with Gasteiger partial charge in [0.1, 0.15) is 0 Å². The summed E-state index contributed by atoms with van der Waals surface area (Å²) in [5, 5.41) is 4.61. The molecule has 0 amide bonds. The molecule has 0 saturated carbocycles. The molecule has 8 rings (SSSR count). The van der Waals surface area contributed by atoms with E-state index in [-0.39, 0.29) is 18.8 Å². The summed E-state index contributed by atoms with van der Waals surface area (Å²) in [5.41, 5.74) is 1.80. The normalized spacial score (nSPS) is 12.0. The van der Waals surface area contributed by atoms with Gasteiger partial charge in [0, 0.05) is 9.05 Å². The van der Waals surface area contributed by atoms with Gasteiger partial charge in [0.15, 0.2) is 19.7 Å². The van der Waals surface area contributed by atoms with Crippen molar-refractivity contribution >= 4 is 81.6 Å². The molecule has 1 radical (unpaired) electrons. The van der Waals surface area contributed by atoms with Gasteiger partial charge < -0.3 is 0 Å². The van der Waals surface area contributed by atoms with E-state index in [1.807, 2.05) is 196 Å². The zero-order chi connectivity index (χ0) is 42.5. The van der Waals surface area contributed by atoms with Crippen LogP contribution in [0.3, 0.4) is 0 Å². The van der Waals surface area contributed by atoms with Crippen LogP contribution in [0.15, 0.2) is 240 Å². The number of hydrogen-bond acceptors (Lipinski definition) is 4. The summed E-state index contributed by atoms with van der Waals surface area (Å²) >= 11 is 0. The standard InChI is InChI=1S/C52H44BO4P2S2/c1-41-33-37-49(38-34-41)60(54,55)51(58(43-21-9-3-10-22-43,44-23-11-4-12-24-44)45-25-13-5-14-26-45)53-52(61(56,57)50-39-35-42(2)36-40-50)59(46-27-15-6-16-28-46,47-29-17-7-18-30-47)48-31-19-8-20-32-48/h3-40H,1-2H3. The molecule has 0 saturated heterocycles. The summed E-state index contributed by atoms with van der Waals surface area (Å²) in [6, 6.07) is 72.1. The van der Waals surface area contributed by atoms with Gasteiger partial charge >= 0.3 is 0 Å².